The molecule has 0 spiro atoms. The lowest BCUT2D eigenvalue weighted by atomic mass is 9.74. The molecule has 1 fully saturated rings. The largest absolute Gasteiger partial charge is 0.496 e. The van der Waals surface area contributed by atoms with Gasteiger partial charge in [0.15, 0.2) is 0 Å². The zero-order valence-corrected chi connectivity index (χ0v) is 12.2. The average Bonchev–Trinajstić information content (AvgIpc) is 2.27. The molecule has 0 bridgehead atoms. The normalized spacial score (nSPS) is 17.1. The number of ether oxygens (including phenoxy) is 2. The van der Waals surface area contributed by atoms with Gasteiger partial charge in [-0.1, -0.05) is 6.07 Å². The second-order valence-corrected chi connectivity index (χ2v) is 5.68. The number of hydrogen-bond acceptors (Lipinski definition) is 3. The third-order valence-corrected chi connectivity index (χ3v) is 4.10. The Bertz CT molecular complexity index is 452. The van der Waals surface area contributed by atoms with E-state index in [1.807, 2.05) is 6.07 Å². The van der Waals surface area contributed by atoms with E-state index in [9.17, 15) is 4.79 Å². The quantitative estimate of drug-likeness (QED) is 0.838. The van der Waals surface area contributed by atoms with Crippen LogP contribution in [0.25, 0.3) is 0 Å². The number of hydrogen-bond donors (Lipinski definition) is 0. The van der Waals surface area contributed by atoms with Crippen LogP contribution in [-0.2, 0) is 14.9 Å². The lowest BCUT2D eigenvalue weighted by molar-refractivity contribution is -0.119. The van der Waals surface area contributed by atoms with Gasteiger partial charge in [0.1, 0.15) is 11.5 Å². The summed E-state index contributed by atoms with van der Waals surface area (Å²) < 4.78 is 11.5. The van der Waals surface area contributed by atoms with Gasteiger partial charge in [-0.2, -0.15) is 0 Å². The van der Waals surface area contributed by atoms with Crippen molar-refractivity contribution in [2.24, 2.45) is 0 Å². The fraction of sp³-hybridized carbons (Fsp3) is 0.500. The minimum absolute atomic E-state index is 0.000458. The Kier molecular flexibility index (Phi) is 4.07. The smallest absolute Gasteiger partial charge is 0.133 e. The molecular weight excluding hydrogens is 296 g/mol. The van der Waals surface area contributed by atoms with Crippen LogP contribution in [0.1, 0.15) is 25.3 Å². The molecule has 18 heavy (non-hydrogen) atoms. The number of methoxy groups -OCH3 is 1. The molecule has 3 nitrogen and oxygen atoms in total. The highest BCUT2D eigenvalue weighted by atomic mass is 79.9. The summed E-state index contributed by atoms with van der Waals surface area (Å²) in [6.07, 6.45) is 1.45. The molecule has 1 aliphatic rings. The molecule has 1 aromatic carbocycles. The Hall–Kier alpha value is -0.870. The lowest BCUT2D eigenvalue weighted by Gasteiger charge is -2.42. The summed E-state index contributed by atoms with van der Waals surface area (Å²) in [4.78, 5) is 11.2. The van der Waals surface area contributed by atoms with E-state index in [-0.39, 0.29) is 11.2 Å². The molecule has 0 N–H and O–H groups in total. The number of ketones is 1. The number of rotatable bonds is 5. The summed E-state index contributed by atoms with van der Waals surface area (Å²) in [5, 5.41) is 0. The summed E-state index contributed by atoms with van der Waals surface area (Å²) in [5.41, 5.74) is 1.21. The van der Waals surface area contributed by atoms with Crippen LogP contribution < -0.4 is 4.74 Å². The van der Waals surface area contributed by atoms with Crippen LogP contribution in [0.4, 0.5) is 0 Å². The Morgan fingerprint density at radius 2 is 2.22 bits per heavy atom. The zero-order chi connectivity index (χ0) is 13.2. The lowest BCUT2D eigenvalue weighted by Crippen LogP contribution is -2.47. The molecule has 98 valence electrons. The molecule has 0 atom stereocenters. The van der Waals surface area contributed by atoms with Crippen molar-refractivity contribution in [3.8, 4) is 5.75 Å². The highest BCUT2D eigenvalue weighted by Crippen LogP contribution is 2.39. The Morgan fingerprint density at radius 1 is 1.50 bits per heavy atom. The average molecular weight is 313 g/mol. The molecule has 0 saturated carbocycles. The van der Waals surface area contributed by atoms with Crippen molar-refractivity contribution in [2.45, 2.75) is 25.2 Å². The van der Waals surface area contributed by atoms with E-state index in [2.05, 4.69) is 28.1 Å². The summed E-state index contributed by atoms with van der Waals surface area (Å²) >= 11 is 3.50. The highest BCUT2D eigenvalue weighted by Gasteiger charge is 2.40. The maximum atomic E-state index is 11.2. The van der Waals surface area contributed by atoms with E-state index >= 15 is 0 Å². The van der Waals surface area contributed by atoms with Gasteiger partial charge in [-0.25, -0.2) is 0 Å². The van der Waals surface area contributed by atoms with Crippen LogP contribution in [0.2, 0.25) is 0 Å². The minimum Gasteiger partial charge on any atom is -0.496 e. The molecule has 1 heterocycles. The van der Waals surface area contributed by atoms with Gasteiger partial charge in [0.2, 0.25) is 0 Å². The predicted molar refractivity (Wildman–Crippen MR) is 73.1 cm³/mol. The molecule has 0 aromatic heterocycles. The Labute approximate surface area is 116 Å². The van der Waals surface area contributed by atoms with Crippen LogP contribution >= 0.6 is 15.9 Å². The van der Waals surface area contributed by atoms with E-state index in [4.69, 9.17) is 9.47 Å². The fourth-order valence-electron chi connectivity index (χ4n) is 2.22. The summed E-state index contributed by atoms with van der Waals surface area (Å²) in [6, 6.07) is 6.08. The minimum atomic E-state index is 0.000458. The molecule has 0 aliphatic carbocycles. The first-order chi connectivity index (χ1) is 8.57. The molecule has 1 aliphatic heterocycles. The zero-order valence-electron chi connectivity index (χ0n) is 10.7. The SMILES string of the molecule is COc1ccc(C2(CCC(C)=O)COC2)cc1Br. The first-order valence-electron chi connectivity index (χ1n) is 5.99. The number of carbonyl (C=O) groups is 1. The summed E-state index contributed by atoms with van der Waals surface area (Å²) in [6.45, 7) is 3.02. The van der Waals surface area contributed by atoms with Crippen LogP contribution in [0.5, 0.6) is 5.75 Å². The van der Waals surface area contributed by atoms with Gasteiger partial charge >= 0.3 is 0 Å². The van der Waals surface area contributed by atoms with Crippen molar-refractivity contribution in [3.05, 3.63) is 28.2 Å². The van der Waals surface area contributed by atoms with Gasteiger partial charge in [0, 0.05) is 11.8 Å². The topological polar surface area (TPSA) is 35.5 Å². The molecule has 0 radical (unpaired) electrons. The monoisotopic (exact) mass is 312 g/mol. The van der Waals surface area contributed by atoms with Crippen LogP contribution in [0, 0.1) is 0 Å². The molecule has 0 amide bonds. The maximum Gasteiger partial charge on any atom is 0.133 e. The van der Waals surface area contributed by atoms with Crippen molar-refractivity contribution in [3.63, 3.8) is 0 Å². The second-order valence-electron chi connectivity index (χ2n) is 4.82. The van der Waals surface area contributed by atoms with E-state index < -0.39 is 0 Å². The van der Waals surface area contributed by atoms with Crippen molar-refractivity contribution < 1.29 is 14.3 Å². The molecule has 1 saturated heterocycles. The van der Waals surface area contributed by atoms with Crippen LogP contribution in [0.15, 0.2) is 22.7 Å². The van der Waals surface area contributed by atoms with Crippen LogP contribution in [-0.4, -0.2) is 26.1 Å². The number of halogens is 1. The van der Waals surface area contributed by atoms with E-state index in [1.54, 1.807) is 14.0 Å². The molecule has 1 aromatic rings. The van der Waals surface area contributed by atoms with Crippen molar-refractivity contribution in [1.29, 1.82) is 0 Å². The third kappa shape index (κ3) is 2.59. The highest BCUT2D eigenvalue weighted by molar-refractivity contribution is 9.10. The first kappa shape index (κ1) is 13.6. The van der Waals surface area contributed by atoms with Gasteiger partial charge in [0.25, 0.3) is 0 Å². The molecular formula is C14H17BrO3. The Balaban J connectivity index is 2.22. The van der Waals surface area contributed by atoms with Crippen LogP contribution in [0.3, 0.4) is 0 Å². The summed E-state index contributed by atoms with van der Waals surface area (Å²) in [7, 11) is 1.65. The molecule has 0 unspecified atom stereocenters. The fourth-order valence-corrected chi connectivity index (χ4v) is 2.76. The van der Waals surface area contributed by atoms with Crippen molar-refractivity contribution >= 4 is 21.7 Å². The standard InChI is InChI=1S/C14H17BrO3/c1-10(16)5-6-14(8-18-9-14)11-3-4-13(17-2)12(15)7-11/h3-4,7H,5-6,8-9H2,1-2H3. The van der Waals surface area contributed by atoms with Crippen molar-refractivity contribution in [2.75, 3.05) is 20.3 Å². The van der Waals surface area contributed by atoms with E-state index in [1.165, 1.54) is 5.56 Å². The Morgan fingerprint density at radius 3 is 2.67 bits per heavy atom. The van der Waals surface area contributed by atoms with Gasteiger partial charge in [-0.3, -0.25) is 0 Å². The van der Waals surface area contributed by atoms with Gasteiger partial charge in [0.05, 0.1) is 24.8 Å². The summed E-state index contributed by atoms with van der Waals surface area (Å²) in [5.74, 6) is 1.05. The van der Waals surface area contributed by atoms with E-state index in [0.717, 1.165) is 16.6 Å². The maximum absolute atomic E-state index is 11.2. The van der Waals surface area contributed by atoms with Gasteiger partial charge in [-0.15, -0.1) is 0 Å². The molecule has 4 heteroatoms. The van der Waals surface area contributed by atoms with Crippen molar-refractivity contribution in [1.82, 2.24) is 0 Å². The third-order valence-electron chi connectivity index (χ3n) is 3.48. The predicted octanol–water partition coefficient (Wildman–Crippen LogP) is 3.09. The number of Topliss-reactive ketones (excluding diaryl/α,β-unsaturated/α-hetero) is 1. The number of carbonyl (C=O) groups excluding carboxylic acids is 1. The first-order valence-corrected chi connectivity index (χ1v) is 6.78. The van der Waals surface area contributed by atoms with Gasteiger partial charge in [-0.05, 0) is 47.0 Å². The van der Waals surface area contributed by atoms with Gasteiger partial charge < -0.3 is 14.3 Å². The van der Waals surface area contributed by atoms with E-state index in [0.29, 0.717) is 19.6 Å². The number of benzene rings is 1. The molecule has 2 rings (SSSR count). The second kappa shape index (κ2) is 5.41.